The topological polar surface area (TPSA) is 87.3 Å². The Balaban J connectivity index is 1.16. The third kappa shape index (κ3) is 5.68. The minimum Gasteiger partial charge on any atom is -0.490 e. The lowest BCUT2D eigenvalue weighted by Gasteiger charge is -2.20. The number of benzene rings is 2. The molecule has 2 aliphatic heterocycles. The summed E-state index contributed by atoms with van der Waals surface area (Å²) in [5.74, 6) is 1.64. The second kappa shape index (κ2) is 11.1. The van der Waals surface area contributed by atoms with Gasteiger partial charge in [0.25, 0.3) is 5.91 Å². The number of rotatable bonds is 9. The number of nitrogens with zero attached hydrogens (tertiary/aromatic N) is 3. The lowest BCUT2D eigenvalue weighted by Crippen LogP contribution is -2.35. The zero-order valence-electron chi connectivity index (χ0n) is 20.5. The Labute approximate surface area is 224 Å². The maximum atomic E-state index is 12.6. The van der Waals surface area contributed by atoms with Crippen LogP contribution in [0.15, 0.2) is 81.7 Å². The smallest absolute Gasteiger partial charge is 0.283 e. The summed E-state index contributed by atoms with van der Waals surface area (Å²) in [4.78, 5) is 17.8. The standard InChI is InChI=1S/C28H26N4O3S2/c1-3-18(2)20-8-12-22(13-9-20)35-15-14-34-21-10-6-19(7-11-21)17-23-25(29)32-28(30-26(23)33)37-27(31-32)24-5-4-16-36-24/h4-13,16-18,29H,3,14-15H2,1-2H3. The van der Waals surface area contributed by atoms with Gasteiger partial charge in [0.1, 0.15) is 29.8 Å². The number of fused-ring (bicyclic) bond motifs is 1. The van der Waals surface area contributed by atoms with Gasteiger partial charge in [-0.05, 0) is 77.0 Å². The van der Waals surface area contributed by atoms with Crippen molar-refractivity contribution in [2.45, 2.75) is 26.2 Å². The molecule has 2 aromatic carbocycles. The highest BCUT2D eigenvalue weighted by Crippen LogP contribution is 2.32. The van der Waals surface area contributed by atoms with Crippen molar-refractivity contribution >= 4 is 51.1 Å². The van der Waals surface area contributed by atoms with Gasteiger partial charge in [-0.1, -0.05) is 44.2 Å². The number of hydrazone groups is 1. The van der Waals surface area contributed by atoms with E-state index in [-0.39, 0.29) is 11.4 Å². The maximum Gasteiger partial charge on any atom is 0.283 e. The zero-order chi connectivity index (χ0) is 25.8. The van der Waals surface area contributed by atoms with Crippen molar-refractivity contribution < 1.29 is 14.3 Å². The molecule has 0 aliphatic carbocycles. The van der Waals surface area contributed by atoms with E-state index in [2.05, 4.69) is 36.1 Å². The fourth-order valence-electron chi connectivity index (χ4n) is 3.77. The molecular weight excluding hydrogens is 504 g/mol. The molecule has 0 bridgehead atoms. The van der Waals surface area contributed by atoms with Gasteiger partial charge in [0.05, 0.1) is 10.5 Å². The lowest BCUT2D eigenvalue weighted by atomic mass is 9.99. The number of amides is 1. The summed E-state index contributed by atoms with van der Waals surface area (Å²) >= 11 is 2.86. The van der Waals surface area contributed by atoms with E-state index >= 15 is 0 Å². The van der Waals surface area contributed by atoms with Crippen LogP contribution in [0.25, 0.3) is 6.08 Å². The van der Waals surface area contributed by atoms with Crippen LogP contribution in [0.1, 0.15) is 42.2 Å². The molecule has 1 atom stereocenters. The summed E-state index contributed by atoms with van der Waals surface area (Å²) in [6, 6.07) is 19.5. The SMILES string of the molecule is CCC(C)c1ccc(OCCOc2ccc(C=C3C(=N)N4N=C(c5cccs5)SC4=NC3=O)cc2)cc1. The Morgan fingerprint density at radius 3 is 2.32 bits per heavy atom. The number of nitrogens with one attached hydrogen (secondary N) is 1. The van der Waals surface area contributed by atoms with Gasteiger partial charge in [0, 0.05) is 0 Å². The molecule has 1 N–H and O–H groups in total. The van der Waals surface area contributed by atoms with Crippen molar-refractivity contribution in [3.05, 3.63) is 87.6 Å². The monoisotopic (exact) mass is 530 g/mol. The van der Waals surface area contributed by atoms with Crippen molar-refractivity contribution in [1.82, 2.24) is 5.01 Å². The van der Waals surface area contributed by atoms with Crippen molar-refractivity contribution in [2.24, 2.45) is 10.1 Å². The molecule has 9 heteroatoms. The van der Waals surface area contributed by atoms with Crippen LogP contribution in [0, 0.1) is 5.41 Å². The molecule has 188 valence electrons. The molecule has 1 aromatic heterocycles. The quantitative estimate of drug-likeness (QED) is 0.256. The van der Waals surface area contributed by atoms with E-state index in [9.17, 15) is 4.79 Å². The third-order valence-corrected chi connectivity index (χ3v) is 8.01. The van der Waals surface area contributed by atoms with Crippen LogP contribution in [0.2, 0.25) is 0 Å². The molecule has 7 nitrogen and oxygen atoms in total. The molecule has 1 unspecified atom stereocenters. The summed E-state index contributed by atoms with van der Waals surface area (Å²) < 4.78 is 11.6. The minimum absolute atomic E-state index is 0.0173. The van der Waals surface area contributed by atoms with E-state index in [4.69, 9.17) is 14.9 Å². The lowest BCUT2D eigenvalue weighted by molar-refractivity contribution is -0.114. The number of carbonyl (C=O) groups excluding carboxylic acids is 1. The Bertz CT molecular complexity index is 1380. The molecule has 0 saturated carbocycles. The fraction of sp³-hybridized carbons (Fsp3) is 0.214. The number of ether oxygens (including phenoxy) is 2. The van der Waals surface area contributed by atoms with E-state index in [1.165, 1.54) is 22.3 Å². The molecule has 0 saturated heterocycles. The van der Waals surface area contributed by atoms with Crippen LogP contribution < -0.4 is 9.47 Å². The zero-order valence-corrected chi connectivity index (χ0v) is 22.1. The average molecular weight is 531 g/mol. The van der Waals surface area contributed by atoms with Gasteiger partial charge < -0.3 is 9.47 Å². The molecule has 0 radical (unpaired) electrons. The van der Waals surface area contributed by atoms with Crippen molar-refractivity contribution in [3.8, 4) is 11.5 Å². The van der Waals surface area contributed by atoms with Gasteiger partial charge >= 0.3 is 0 Å². The van der Waals surface area contributed by atoms with Gasteiger partial charge in [-0.15, -0.1) is 11.3 Å². The predicted molar refractivity (Wildman–Crippen MR) is 151 cm³/mol. The highest BCUT2D eigenvalue weighted by Gasteiger charge is 2.36. The van der Waals surface area contributed by atoms with E-state index in [1.807, 2.05) is 53.9 Å². The number of hydrogen-bond acceptors (Lipinski definition) is 7. The van der Waals surface area contributed by atoms with Crippen molar-refractivity contribution in [3.63, 3.8) is 0 Å². The number of thiophene rings is 1. The number of thioether (sulfide) groups is 1. The normalized spacial score (nSPS) is 16.9. The molecule has 2 aliphatic rings. The summed E-state index contributed by atoms with van der Waals surface area (Å²) in [5.41, 5.74) is 2.28. The van der Waals surface area contributed by atoms with E-state index in [0.29, 0.717) is 30.0 Å². The number of amidine groups is 2. The predicted octanol–water partition coefficient (Wildman–Crippen LogP) is 6.39. The first-order valence-electron chi connectivity index (χ1n) is 12.0. The summed E-state index contributed by atoms with van der Waals surface area (Å²) in [5, 5.41) is 17.6. The number of carbonyl (C=O) groups is 1. The first-order valence-corrected chi connectivity index (χ1v) is 13.7. The third-order valence-electron chi connectivity index (χ3n) is 6.06. The molecule has 37 heavy (non-hydrogen) atoms. The van der Waals surface area contributed by atoms with E-state index in [1.54, 1.807) is 17.4 Å². The summed E-state index contributed by atoms with van der Waals surface area (Å²) in [7, 11) is 0. The molecule has 0 spiro atoms. The van der Waals surface area contributed by atoms with Gasteiger partial charge in [0.2, 0.25) is 5.17 Å². The first kappa shape index (κ1) is 25.0. The fourth-order valence-corrected chi connectivity index (χ4v) is 5.45. The Hall–Kier alpha value is -3.69. The van der Waals surface area contributed by atoms with Crippen LogP contribution in [0.5, 0.6) is 11.5 Å². The summed E-state index contributed by atoms with van der Waals surface area (Å²) in [6.07, 6.45) is 2.77. The molecular formula is C28H26N4O3S2. The van der Waals surface area contributed by atoms with Crippen LogP contribution in [0.3, 0.4) is 0 Å². The van der Waals surface area contributed by atoms with Crippen LogP contribution in [-0.2, 0) is 4.79 Å². The molecule has 5 rings (SSSR count). The minimum atomic E-state index is -0.443. The Kier molecular flexibility index (Phi) is 7.52. The maximum absolute atomic E-state index is 12.6. The van der Waals surface area contributed by atoms with Gasteiger partial charge in [-0.3, -0.25) is 10.2 Å². The number of hydrogen-bond donors (Lipinski definition) is 1. The van der Waals surface area contributed by atoms with E-state index < -0.39 is 5.91 Å². The van der Waals surface area contributed by atoms with Gasteiger partial charge in [0.15, 0.2) is 5.84 Å². The molecule has 1 amide bonds. The van der Waals surface area contributed by atoms with Crippen molar-refractivity contribution in [1.29, 1.82) is 5.41 Å². The highest BCUT2D eigenvalue weighted by molar-refractivity contribution is 8.27. The van der Waals surface area contributed by atoms with Gasteiger partial charge in [-0.25, -0.2) is 0 Å². The second-order valence-corrected chi connectivity index (χ2v) is 10.5. The largest absolute Gasteiger partial charge is 0.490 e. The molecule has 0 fully saturated rings. The molecule has 3 aromatic rings. The highest BCUT2D eigenvalue weighted by atomic mass is 32.2. The molecule has 3 heterocycles. The van der Waals surface area contributed by atoms with E-state index in [0.717, 1.165) is 27.7 Å². The second-order valence-electron chi connectivity index (χ2n) is 8.55. The average Bonchev–Trinajstić information content (AvgIpc) is 3.60. The van der Waals surface area contributed by atoms with Crippen LogP contribution >= 0.6 is 23.1 Å². The Morgan fingerprint density at radius 2 is 1.70 bits per heavy atom. The van der Waals surface area contributed by atoms with Crippen LogP contribution in [0.4, 0.5) is 0 Å². The Morgan fingerprint density at radius 1 is 1.03 bits per heavy atom. The van der Waals surface area contributed by atoms with Gasteiger partial charge in [-0.2, -0.15) is 15.1 Å². The number of aliphatic imine (C=N–C) groups is 1. The van der Waals surface area contributed by atoms with Crippen molar-refractivity contribution in [2.75, 3.05) is 13.2 Å². The first-order chi connectivity index (χ1) is 18.0. The van der Waals surface area contributed by atoms with Crippen LogP contribution in [-0.4, -0.2) is 40.2 Å². The summed E-state index contributed by atoms with van der Waals surface area (Å²) in [6.45, 7) is 5.24.